The first-order valence-electron chi connectivity index (χ1n) is 5.89. The van der Waals surface area contributed by atoms with Crippen LogP contribution < -0.4 is 0 Å². The van der Waals surface area contributed by atoms with Crippen LogP contribution >= 0.6 is 0 Å². The molecule has 0 saturated carbocycles. The van der Waals surface area contributed by atoms with E-state index in [1.165, 1.54) is 0 Å². The number of epoxide rings is 1. The maximum atomic E-state index is 13.1. The first kappa shape index (κ1) is 21.1. The smallest absolute Gasteiger partial charge is 0.372 e. The van der Waals surface area contributed by atoms with Gasteiger partial charge in [-0.2, -0.15) is 43.9 Å². The average molecular weight is 388 g/mol. The van der Waals surface area contributed by atoms with Crippen LogP contribution in [0.2, 0.25) is 0 Å². The second-order valence-electron chi connectivity index (χ2n) is 4.82. The van der Waals surface area contributed by atoms with Gasteiger partial charge in [-0.3, -0.25) is 0 Å². The monoisotopic (exact) mass is 388 g/mol. The summed E-state index contributed by atoms with van der Waals surface area (Å²) in [7, 11) is 0. The second kappa shape index (κ2) is 6.11. The molecule has 14 heteroatoms. The highest BCUT2D eigenvalue weighted by molar-refractivity contribution is 5.09. The summed E-state index contributed by atoms with van der Waals surface area (Å²) in [6.45, 7) is -3.34. The Morgan fingerprint density at radius 2 is 1.29 bits per heavy atom. The number of rotatable bonds is 9. The Bertz CT molecular complexity index is 445. The molecule has 0 aromatic rings. The van der Waals surface area contributed by atoms with Gasteiger partial charge < -0.3 is 9.47 Å². The number of hydrogen-bond acceptors (Lipinski definition) is 2. The molecule has 0 spiro atoms. The Balaban J connectivity index is 3.06. The van der Waals surface area contributed by atoms with E-state index in [9.17, 15) is 52.7 Å². The van der Waals surface area contributed by atoms with Crippen LogP contribution in [0.3, 0.4) is 0 Å². The van der Waals surface area contributed by atoms with Crippen LogP contribution in [0.1, 0.15) is 0 Å². The molecule has 1 heterocycles. The lowest BCUT2D eigenvalue weighted by molar-refractivity contribution is -0.415. The van der Waals surface area contributed by atoms with Gasteiger partial charge in [0.2, 0.25) is 0 Å². The van der Waals surface area contributed by atoms with E-state index in [1.54, 1.807) is 0 Å². The third-order valence-electron chi connectivity index (χ3n) is 2.93. The average Bonchev–Trinajstić information content (AvgIpc) is 3.21. The minimum absolute atomic E-state index is 0.0171. The van der Waals surface area contributed by atoms with Gasteiger partial charge in [0.1, 0.15) is 12.7 Å². The molecular formula is C10H8F12O2. The van der Waals surface area contributed by atoms with Gasteiger partial charge in [-0.25, -0.2) is 8.78 Å². The molecule has 0 aliphatic carbocycles. The van der Waals surface area contributed by atoms with Gasteiger partial charge in [-0.15, -0.1) is 0 Å². The zero-order chi connectivity index (χ0) is 19.2. The Labute approximate surface area is 125 Å². The molecule has 0 aromatic heterocycles. The van der Waals surface area contributed by atoms with Gasteiger partial charge in [0.25, 0.3) is 0 Å². The molecule has 144 valence electrons. The summed E-state index contributed by atoms with van der Waals surface area (Å²) in [6.07, 6.45) is -6.30. The van der Waals surface area contributed by atoms with E-state index in [0.29, 0.717) is 0 Å². The molecule has 1 atom stereocenters. The molecule has 1 saturated heterocycles. The van der Waals surface area contributed by atoms with Crippen molar-refractivity contribution in [1.82, 2.24) is 0 Å². The normalized spacial score (nSPS) is 20.6. The molecule has 1 fully saturated rings. The zero-order valence-corrected chi connectivity index (χ0v) is 11.1. The molecule has 0 unspecified atom stereocenters. The fraction of sp³-hybridized carbons (Fsp3) is 1.00. The van der Waals surface area contributed by atoms with E-state index in [2.05, 4.69) is 9.47 Å². The lowest BCUT2D eigenvalue weighted by Gasteiger charge is -2.39. The van der Waals surface area contributed by atoms with Crippen LogP contribution in [0.25, 0.3) is 0 Å². The van der Waals surface area contributed by atoms with Crippen molar-refractivity contribution in [2.75, 3.05) is 19.8 Å². The molecule has 0 aromatic carbocycles. The summed E-state index contributed by atoms with van der Waals surface area (Å²) in [5, 5.41) is 0. The lowest BCUT2D eigenvalue weighted by Crippen LogP contribution is -2.69. The van der Waals surface area contributed by atoms with E-state index < -0.39 is 55.4 Å². The highest BCUT2D eigenvalue weighted by Gasteiger charge is 2.87. The van der Waals surface area contributed by atoms with Crippen LogP contribution in [0.4, 0.5) is 52.7 Å². The van der Waals surface area contributed by atoms with E-state index in [4.69, 9.17) is 0 Å². The first-order chi connectivity index (χ1) is 10.5. The van der Waals surface area contributed by atoms with Crippen molar-refractivity contribution in [3.63, 3.8) is 0 Å². The molecule has 1 aliphatic heterocycles. The SMILES string of the molecule is FC(F)C(F)(F)C(F)(F)C(F)(F)C(F)(F)C(F)(F)COC[C@@H]1CO1. The minimum atomic E-state index is -7.51. The molecule has 1 rings (SSSR count). The maximum Gasteiger partial charge on any atom is 0.384 e. The number of ether oxygens (including phenoxy) is 2. The van der Waals surface area contributed by atoms with Crippen molar-refractivity contribution < 1.29 is 62.2 Å². The van der Waals surface area contributed by atoms with E-state index in [1.807, 2.05) is 0 Å². The van der Waals surface area contributed by atoms with Crippen molar-refractivity contribution in [1.29, 1.82) is 0 Å². The summed E-state index contributed by atoms with van der Waals surface area (Å²) in [6, 6.07) is 0. The largest absolute Gasteiger partial charge is 0.384 e. The number of alkyl halides is 12. The summed E-state index contributed by atoms with van der Waals surface area (Å²) >= 11 is 0. The molecule has 0 amide bonds. The summed E-state index contributed by atoms with van der Waals surface area (Å²) in [5.41, 5.74) is 0. The van der Waals surface area contributed by atoms with Crippen molar-refractivity contribution in [2.45, 2.75) is 42.1 Å². The lowest BCUT2D eigenvalue weighted by atomic mass is 9.94. The van der Waals surface area contributed by atoms with Crippen molar-refractivity contribution in [2.24, 2.45) is 0 Å². The molecular weight excluding hydrogens is 380 g/mol. The predicted octanol–water partition coefficient (Wildman–Crippen LogP) is 3.84. The van der Waals surface area contributed by atoms with Crippen molar-refractivity contribution in [3.05, 3.63) is 0 Å². The Hall–Kier alpha value is -0.920. The second-order valence-corrected chi connectivity index (χ2v) is 4.82. The van der Waals surface area contributed by atoms with Gasteiger partial charge in [0.15, 0.2) is 0 Å². The van der Waals surface area contributed by atoms with Crippen LogP contribution in [0, 0.1) is 0 Å². The van der Waals surface area contributed by atoms with E-state index >= 15 is 0 Å². The Morgan fingerprint density at radius 3 is 1.67 bits per heavy atom. The number of halogens is 12. The Morgan fingerprint density at radius 1 is 0.833 bits per heavy atom. The number of hydrogen-bond donors (Lipinski definition) is 0. The van der Waals surface area contributed by atoms with Gasteiger partial charge in [-0.05, 0) is 0 Å². The van der Waals surface area contributed by atoms with Gasteiger partial charge in [0.05, 0.1) is 13.2 Å². The van der Waals surface area contributed by atoms with Gasteiger partial charge in [-0.1, -0.05) is 0 Å². The fourth-order valence-electron chi connectivity index (χ4n) is 1.35. The van der Waals surface area contributed by atoms with Crippen LogP contribution in [0.15, 0.2) is 0 Å². The summed E-state index contributed by atoms with van der Waals surface area (Å²) in [4.78, 5) is 0. The molecule has 1 aliphatic rings. The third kappa shape index (κ3) is 3.26. The van der Waals surface area contributed by atoms with Gasteiger partial charge in [0, 0.05) is 0 Å². The highest BCUT2D eigenvalue weighted by Crippen LogP contribution is 2.58. The maximum absolute atomic E-state index is 13.1. The molecule has 2 nitrogen and oxygen atoms in total. The zero-order valence-electron chi connectivity index (χ0n) is 11.1. The molecule has 0 N–H and O–H groups in total. The topological polar surface area (TPSA) is 21.8 Å². The third-order valence-corrected chi connectivity index (χ3v) is 2.93. The molecule has 0 radical (unpaired) electrons. The van der Waals surface area contributed by atoms with Crippen LogP contribution in [0.5, 0.6) is 0 Å². The molecule has 24 heavy (non-hydrogen) atoms. The quantitative estimate of drug-likeness (QED) is 0.442. The van der Waals surface area contributed by atoms with Crippen molar-refractivity contribution >= 4 is 0 Å². The van der Waals surface area contributed by atoms with Crippen LogP contribution in [-0.4, -0.2) is 62.0 Å². The van der Waals surface area contributed by atoms with Gasteiger partial charge >= 0.3 is 36.0 Å². The first-order valence-corrected chi connectivity index (χ1v) is 5.89. The predicted molar refractivity (Wildman–Crippen MR) is 51.3 cm³/mol. The van der Waals surface area contributed by atoms with E-state index in [0.717, 1.165) is 0 Å². The molecule has 0 bridgehead atoms. The highest BCUT2D eigenvalue weighted by atomic mass is 19.4. The fourth-order valence-corrected chi connectivity index (χ4v) is 1.35. The van der Waals surface area contributed by atoms with Crippen LogP contribution in [-0.2, 0) is 9.47 Å². The van der Waals surface area contributed by atoms with E-state index in [-0.39, 0.29) is 6.61 Å². The summed E-state index contributed by atoms with van der Waals surface area (Å²) in [5.74, 6) is -35.2. The summed E-state index contributed by atoms with van der Waals surface area (Å²) < 4.78 is 161. The minimum Gasteiger partial charge on any atom is -0.372 e. The standard InChI is InChI=1S/C10H8F12O2/c11-5(12)7(15,16)9(19,20)10(21,22)8(17,18)6(13,14)3-23-1-4-2-24-4/h4-5H,1-3H2/t4-/m1/s1. The Kier molecular flexibility index (Phi) is 5.38. The van der Waals surface area contributed by atoms with Crippen molar-refractivity contribution in [3.8, 4) is 0 Å².